The molecule has 0 radical (unpaired) electrons. The zero-order valence-electron chi connectivity index (χ0n) is 25.7. The van der Waals surface area contributed by atoms with E-state index in [0.29, 0.717) is 31.9 Å². The molecular formula is C33H46N4O4. The monoisotopic (exact) mass is 562 g/mol. The van der Waals surface area contributed by atoms with E-state index < -0.39 is 5.60 Å². The van der Waals surface area contributed by atoms with Gasteiger partial charge < -0.3 is 24.2 Å². The molecule has 41 heavy (non-hydrogen) atoms. The van der Waals surface area contributed by atoms with Gasteiger partial charge in [-0.05, 0) is 68.7 Å². The second kappa shape index (κ2) is 12.1. The summed E-state index contributed by atoms with van der Waals surface area (Å²) >= 11 is 0. The molecule has 1 fully saturated rings. The number of amides is 2. The Morgan fingerprint density at radius 1 is 1.05 bits per heavy atom. The summed E-state index contributed by atoms with van der Waals surface area (Å²) in [6, 6.07) is 15.8. The van der Waals surface area contributed by atoms with E-state index in [9.17, 15) is 9.59 Å². The number of fused-ring (bicyclic) bond motifs is 1. The predicted octanol–water partition coefficient (Wildman–Crippen LogP) is 7.00. The van der Waals surface area contributed by atoms with Crippen molar-refractivity contribution in [3.8, 4) is 0 Å². The van der Waals surface area contributed by atoms with Crippen LogP contribution in [0.4, 0.5) is 15.3 Å². The Bertz CT molecular complexity index is 1250. The zero-order valence-corrected chi connectivity index (χ0v) is 25.7. The minimum absolute atomic E-state index is 0.00154. The molecule has 0 spiro atoms. The lowest BCUT2D eigenvalue weighted by atomic mass is 9.87. The number of nitrogens with one attached hydrogen (secondary N) is 1. The highest BCUT2D eigenvalue weighted by atomic mass is 16.6. The number of carbonyl (C=O) groups is 2. The number of likely N-dealkylation sites (tertiary alicyclic amines) is 1. The lowest BCUT2D eigenvalue weighted by Gasteiger charge is -2.37. The van der Waals surface area contributed by atoms with Gasteiger partial charge >= 0.3 is 12.2 Å². The molecule has 0 aliphatic carbocycles. The van der Waals surface area contributed by atoms with Gasteiger partial charge in [-0.2, -0.15) is 0 Å². The van der Waals surface area contributed by atoms with Crippen LogP contribution in [0, 0.1) is 10.8 Å². The summed E-state index contributed by atoms with van der Waals surface area (Å²) in [6.45, 7) is 16.0. The first-order valence-corrected chi connectivity index (χ1v) is 14.7. The Balaban J connectivity index is 1.48. The van der Waals surface area contributed by atoms with Crippen LogP contribution in [0.3, 0.4) is 0 Å². The van der Waals surface area contributed by atoms with Gasteiger partial charge in [-0.1, -0.05) is 63.2 Å². The maximum atomic E-state index is 13.3. The molecule has 8 nitrogen and oxygen atoms in total. The van der Waals surface area contributed by atoms with Crippen LogP contribution in [0.2, 0.25) is 0 Å². The number of hydrogen-bond donors (Lipinski definition) is 1. The first kappa shape index (κ1) is 30.4. The van der Waals surface area contributed by atoms with Crippen LogP contribution in [0.5, 0.6) is 0 Å². The number of amidine groups is 1. The van der Waals surface area contributed by atoms with Crippen LogP contribution < -0.4 is 4.90 Å². The lowest BCUT2D eigenvalue weighted by molar-refractivity contribution is 0.0232. The summed E-state index contributed by atoms with van der Waals surface area (Å²) in [5, 5.41) is 8.75. The number of rotatable bonds is 7. The maximum absolute atomic E-state index is 13.3. The standard InChI is InChI=1S/C33H46N4O4/c1-23(32(2,3)4)36(30(38)40-22-24-12-9-8-10-13-24)20-25-15-16-28-26(18-25)19-29(34)37(28)21-27-14-11-17-35(27)31(39)41-33(5,6)7/h8-10,12-13,15-16,18,23,27,34H,11,14,17,19-22H2,1-7H3/t23-,27+/m0/s1. The van der Waals surface area contributed by atoms with Crippen LogP contribution in [-0.2, 0) is 29.0 Å². The zero-order chi connectivity index (χ0) is 29.9. The Labute approximate surface area is 245 Å². The summed E-state index contributed by atoms with van der Waals surface area (Å²) in [6.07, 6.45) is 1.72. The number of hydrogen-bond acceptors (Lipinski definition) is 5. The SMILES string of the molecule is C[C@H](N(Cc1ccc2c(c1)CC(=N)N2C[C@H]1CCCN1C(=O)OC(C)(C)C)C(=O)OCc1ccccc1)C(C)(C)C. The van der Waals surface area contributed by atoms with Gasteiger partial charge in [0.2, 0.25) is 0 Å². The van der Waals surface area contributed by atoms with Crippen molar-refractivity contribution in [3.05, 3.63) is 65.2 Å². The minimum atomic E-state index is -0.542. The van der Waals surface area contributed by atoms with Crippen molar-refractivity contribution in [2.75, 3.05) is 18.0 Å². The summed E-state index contributed by atoms with van der Waals surface area (Å²) in [4.78, 5) is 31.8. The van der Waals surface area contributed by atoms with Crippen LogP contribution in [0.15, 0.2) is 48.5 Å². The molecule has 0 unspecified atom stereocenters. The smallest absolute Gasteiger partial charge is 0.410 e. The Kier molecular flexibility index (Phi) is 9.00. The van der Waals surface area contributed by atoms with Crippen molar-refractivity contribution < 1.29 is 19.1 Å². The van der Waals surface area contributed by atoms with Crippen molar-refractivity contribution in [1.82, 2.24) is 9.80 Å². The number of anilines is 1. The first-order chi connectivity index (χ1) is 19.2. The van der Waals surface area contributed by atoms with Crippen molar-refractivity contribution in [2.24, 2.45) is 5.41 Å². The highest BCUT2D eigenvalue weighted by Gasteiger charge is 2.36. The Morgan fingerprint density at radius 3 is 2.41 bits per heavy atom. The molecule has 2 aromatic rings. The fraction of sp³-hybridized carbons (Fsp3) is 0.545. The van der Waals surface area contributed by atoms with E-state index in [1.165, 1.54) is 0 Å². The van der Waals surface area contributed by atoms with E-state index in [2.05, 4.69) is 33.8 Å². The second-order valence-electron chi connectivity index (χ2n) is 13.4. The summed E-state index contributed by atoms with van der Waals surface area (Å²) < 4.78 is 11.4. The third-order valence-electron chi connectivity index (χ3n) is 8.03. The molecule has 2 heterocycles. The minimum Gasteiger partial charge on any atom is -0.445 e. The number of benzene rings is 2. The molecule has 222 valence electrons. The molecule has 0 aromatic heterocycles. The quantitative estimate of drug-likeness (QED) is 0.393. The molecule has 1 N–H and O–H groups in total. The third-order valence-corrected chi connectivity index (χ3v) is 8.03. The Morgan fingerprint density at radius 2 is 1.76 bits per heavy atom. The van der Waals surface area contributed by atoms with E-state index in [1.54, 1.807) is 4.90 Å². The first-order valence-electron chi connectivity index (χ1n) is 14.7. The van der Waals surface area contributed by atoms with Gasteiger partial charge in [-0.25, -0.2) is 9.59 Å². The van der Waals surface area contributed by atoms with Crippen LogP contribution in [-0.4, -0.2) is 58.6 Å². The summed E-state index contributed by atoms with van der Waals surface area (Å²) in [5.74, 6) is 0.523. The molecule has 0 saturated carbocycles. The molecule has 2 amide bonds. The maximum Gasteiger partial charge on any atom is 0.410 e. The van der Waals surface area contributed by atoms with Crippen molar-refractivity contribution in [1.29, 1.82) is 5.41 Å². The number of nitrogens with zero attached hydrogens (tertiary/aromatic N) is 3. The van der Waals surface area contributed by atoms with Crippen LogP contribution >= 0.6 is 0 Å². The van der Waals surface area contributed by atoms with Crippen molar-refractivity contribution in [3.63, 3.8) is 0 Å². The largest absolute Gasteiger partial charge is 0.445 e. The molecule has 1 saturated heterocycles. The summed E-state index contributed by atoms with van der Waals surface area (Å²) in [7, 11) is 0. The topological polar surface area (TPSA) is 86.2 Å². The molecular weight excluding hydrogens is 516 g/mol. The molecule has 4 rings (SSSR count). The van der Waals surface area contributed by atoms with E-state index in [-0.39, 0.29) is 36.3 Å². The second-order valence-corrected chi connectivity index (χ2v) is 13.4. The normalized spacial score (nSPS) is 17.8. The van der Waals surface area contributed by atoms with Crippen molar-refractivity contribution in [2.45, 2.75) is 98.6 Å². The van der Waals surface area contributed by atoms with E-state index in [0.717, 1.165) is 35.2 Å². The van der Waals surface area contributed by atoms with Gasteiger partial charge in [0, 0.05) is 37.8 Å². The van der Waals surface area contributed by atoms with Crippen molar-refractivity contribution >= 4 is 23.7 Å². The average Bonchev–Trinajstić information content (AvgIpc) is 3.48. The highest BCUT2D eigenvalue weighted by molar-refractivity contribution is 6.03. The fourth-order valence-electron chi connectivity index (χ4n) is 5.40. The summed E-state index contributed by atoms with van der Waals surface area (Å²) in [5.41, 5.74) is 3.34. The molecule has 8 heteroatoms. The highest BCUT2D eigenvalue weighted by Crippen LogP contribution is 2.33. The number of carbonyl (C=O) groups excluding carboxylic acids is 2. The van der Waals surface area contributed by atoms with E-state index in [1.807, 2.05) is 73.0 Å². The van der Waals surface area contributed by atoms with Gasteiger partial charge in [0.15, 0.2) is 0 Å². The molecule has 0 bridgehead atoms. The molecule has 2 atom stereocenters. The molecule has 2 aliphatic heterocycles. The van der Waals surface area contributed by atoms with E-state index in [4.69, 9.17) is 14.9 Å². The van der Waals surface area contributed by atoms with E-state index >= 15 is 0 Å². The fourth-order valence-corrected chi connectivity index (χ4v) is 5.40. The van der Waals surface area contributed by atoms with Crippen LogP contribution in [0.1, 0.15) is 78.0 Å². The van der Waals surface area contributed by atoms with Gasteiger partial charge in [-0.3, -0.25) is 5.41 Å². The van der Waals surface area contributed by atoms with Crippen LogP contribution in [0.25, 0.3) is 0 Å². The third kappa shape index (κ3) is 7.60. The van der Waals surface area contributed by atoms with Gasteiger partial charge in [0.1, 0.15) is 18.0 Å². The number of ether oxygens (including phenoxy) is 2. The predicted molar refractivity (Wildman–Crippen MR) is 162 cm³/mol. The van der Waals surface area contributed by atoms with Gasteiger partial charge in [0.25, 0.3) is 0 Å². The molecule has 2 aliphatic rings. The lowest BCUT2D eigenvalue weighted by Crippen LogP contribution is -2.46. The Hall–Kier alpha value is -3.55. The average molecular weight is 563 g/mol. The molecule has 2 aromatic carbocycles. The van der Waals surface area contributed by atoms with Gasteiger partial charge in [-0.15, -0.1) is 0 Å². The van der Waals surface area contributed by atoms with Gasteiger partial charge in [0.05, 0.1) is 6.04 Å².